The lowest BCUT2D eigenvalue weighted by Gasteiger charge is -2.35. The fraction of sp³-hybridized carbons (Fsp3) is 0.846. The first kappa shape index (κ1) is 14.7. The number of hydrogen-bond donors (Lipinski definition) is 2. The number of nitrogens with two attached hydrogens (primary N) is 1. The highest BCUT2D eigenvalue weighted by molar-refractivity contribution is 7.80. The van der Waals surface area contributed by atoms with Crippen molar-refractivity contribution in [2.75, 3.05) is 19.8 Å². The molecule has 2 fully saturated rings. The van der Waals surface area contributed by atoms with Gasteiger partial charge in [-0.05, 0) is 12.8 Å². The van der Waals surface area contributed by atoms with E-state index in [1.807, 2.05) is 0 Å². The first-order valence-corrected chi connectivity index (χ1v) is 7.36. The summed E-state index contributed by atoms with van der Waals surface area (Å²) in [7, 11) is 0. The smallest absolute Gasteiger partial charge is 0.252 e. The van der Waals surface area contributed by atoms with Gasteiger partial charge in [-0.3, -0.25) is 4.79 Å². The monoisotopic (exact) mass is 286 g/mol. The molecule has 1 unspecified atom stereocenters. The largest absolute Gasteiger partial charge is 0.391 e. The van der Waals surface area contributed by atoms with E-state index in [1.165, 1.54) is 12.8 Å². The highest BCUT2D eigenvalue weighted by atomic mass is 32.1. The standard InChI is InChI=1S/C13H22N2O3S/c14-12(19)13(5-3-1-2-4-6-13)15-11(16)10-9-17-7-8-18-10/h10H,1-9H2,(H2,14,19)(H,15,16). The number of amides is 1. The van der Waals surface area contributed by atoms with Crippen LogP contribution in [0.1, 0.15) is 38.5 Å². The van der Waals surface area contributed by atoms with Gasteiger partial charge in [-0.25, -0.2) is 0 Å². The van der Waals surface area contributed by atoms with Gasteiger partial charge in [-0.2, -0.15) is 0 Å². The maximum absolute atomic E-state index is 12.3. The maximum Gasteiger partial charge on any atom is 0.252 e. The molecular formula is C13H22N2O3S. The van der Waals surface area contributed by atoms with Gasteiger partial charge in [0.05, 0.1) is 30.3 Å². The van der Waals surface area contributed by atoms with Gasteiger partial charge in [-0.15, -0.1) is 0 Å². The summed E-state index contributed by atoms with van der Waals surface area (Å²) >= 11 is 5.20. The first-order chi connectivity index (χ1) is 9.14. The van der Waals surface area contributed by atoms with E-state index in [1.54, 1.807) is 0 Å². The molecule has 2 aliphatic rings. The summed E-state index contributed by atoms with van der Waals surface area (Å²) in [5.41, 5.74) is 5.36. The van der Waals surface area contributed by atoms with Crippen molar-refractivity contribution in [2.45, 2.75) is 50.2 Å². The fourth-order valence-electron chi connectivity index (χ4n) is 2.72. The highest BCUT2D eigenvalue weighted by Gasteiger charge is 2.37. The molecule has 1 aliphatic heterocycles. The molecule has 19 heavy (non-hydrogen) atoms. The minimum atomic E-state index is -0.539. The Balaban J connectivity index is 2.02. The third-order valence-electron chi connectivity index (χ3n) is 3.90. The van der Waals surface area contributed by atoms with E-state index in [-0.39, 0.29) is 5.91 Å². The first-order valence-electron chi connectivity index (χ1n) is 6.95. The van der Waals surface area contributed by atoms with Crippen LogP contribution in [-0.2, 0) is 14.3 Å². The van der Waals surface area contributed by atoms with Gasteiger partial charge >= 0.3 is 0 Å². The molecule has 0 radical (unpaired) electrons. The molecule has 1 heterocycles. The van der Waals surface area contributed by atoms with Crippen LogP contribution in [0, 0.1) is 0 Å². The van der Waals surface area contributed by atoms with Gasteiger partial charge in [0.1, 0.15) is 0 Å². The maximum atomic E-state index is 12.3. The second-order valence-corrected chi connectivity index (χ2v) is 5.72. The molecule has 1 saturated carbocycles. The SMILES string of the molecule is NC(=S)C1(NC(=O)C2COCCO2)CCCCCC1. The van der Waals surface area contributed by atoms with Crippen molar-refractivity contribution in [1.82, 2.24) is 5.32 Å². The zero-order chi connectivity index (χ0) is 13.7. The van der Waals surface area contributed by atoms with Crippen molar-refractivity contribution in [3.05, 3.63) is 0 Å². The number of thiocarbonyl (C=S) groups is 1. The van der Waals surface area contributed by atoms with E-state index in [2.05, 4.69) is 5.32 Å². The summed E-state index contributed by atoms with van der Waals surface area (Å²) in [6.07, 6.45) is 5.53. The molecule has 108 valence electrons. The number of hydrogen-bond acceptors (Lipinski definition) is 4. The van der Waals surface area contributed by atoms with Crippen molar-refractivity contribution in [2.24, 2.45) is 5.73 Å². The molecule has 2 rings (SSSR count). The molecule has 1 aliphatic carbocycles. The summed E-state index contributed by atoms with van der Waals surface area (Å²) in [6, 6.07) is 0. The van der Waals surface area contributed by atoms with Gasteiger partial charge in [-0.1, -0.05) is 37.9 Å². The third-order valence-corrected chi connectivity index (χ3v) is 4.29. The average molecular weight is 286 g/mol. The summed E-state index contributed by atoms with van der Waals surface area (Å²) in [6.45, 7) is 1.31. The molecule has 0 spiro atoms. The van der Waals surface area contributed by atoms with Crippen LogP contribution in [0.4, 0.5) is 0 Å². The summed E-state index contributed by atoms with van der Waals surface area (Å²) in [4.78, 5) is 12.6. The van der Waals surface area contributed by atoms with Crippen LogP contribution >= 0.6 is 12.2 Å². The summed E-state index contributed by atoms with van der Waals surface area (Å²) in [5.74, 6) is -0.158. The van der Waals surface area contributed by atoms with E-state index in [9.17, 15) is 4.79 Å². The van der Waals surface area contributed by atoms with Gasteiger partial charge in [0, 0.05) is 0 Å². The zero-order valence-electron chi connectivity index (χ0n) is 11.2. The fourth-order valence-corrected chi connectivity index (χ4v) is 2.98. The molecule has 0 aromatic rings. The van der Waals surface area contributed by atoms with E-state index >= 15 is 0 Å². The van der Waals surface area contributed by atoms with E-state index in [4.69, 9.17) is 27.4 Å². The predicted molar refractivity (Wildman–Crippen MR) is 75.9 cm³/mol. The quantitative estimate of drug-likeness (QED) is 0.595. The lowest BCUT2D eigenvalue weighted by Crippen LogP contribution is -2.59. The normalized spacial score (nSPS) is 27.3. The third kappa shape index (κ3) is 3.64. The van der Waals surface area contributed by atoms with Gasteiger partial charge in [0.15, 0.2) is 6.10 Å². The van der Waals surface area contributed by atoms with Crippen molar-refractivity contribution < 1.29 is 14.3 Å². The van der Waals surface area contributed by atoms with Crippen molar-refractivity contribution in [3.63, 3.8) is 0 Å². The van der Waals surface area contributed by atoms with Crippen molar-refractivity contribution >= 4 is 23.1 Å². The molecule has 0 aromatic carbocycles. The van der Waals surface area contributed by atoms with E-state index in [0.29, 0.717) is 24.8 Å². The molecular weight excluding hydrogens is 264 g/mol. The molecule has 5 nitrogen and oxygen atoms in total. The molecule has 6 heteroatoms. The average Bonchev–Trinajstić information content (AvgIpc) is 2.66. The van der Waals surface area contributed by atoms with Crippen LogP contribution < -0.4 is 11.1 Å². The van der Waals surface area contributed by atoms with Crippen LogP contribution in [0.15, 0.2) is 0 Å². The van der Waals surface area contributed by atoms with Crippen molar-refractivity contribution in [3.8, 4) is 0 Å². The topological polar surface area (TPSA) is 73.6 Å². The number of carbonyl (C=O) groups excluding carboxylic acids is 1. The van der Waals surface area contributed by atoms with Crippen LogP contribution in [-0.4, -0.2) is 42.4 Å². The zero-order valence-corrected chi connectivity index (χ0v) is 12.0. The number of rotatable bonds is 3. The van der Waals surface area contributed by atoms with Crippen LogP contribution in [0.3, 0.4) is 0 Å². The molecule has 1 amide bonds. The Morgan fingerprint density at radius 3 is 2.42 bits per heavy atom. The lowest BCUT2D eigenvalue weighted by atomic mass is 9.89. The predicted octanol–water partition coefficient (Wildman–Crippen LogP) is 0.897. The second kappa shape index (κ2) is 6.63. The Labute approximate surface area is 119 Å². The lowest BCUT2D eigenvalue weighted by molar-refractivity contribution is -0.148. The number of ether oxygens (including phenoxy) is 2. The minimum absolute atomic E-state index is 0.158. The number of carbonyl (C=O) groups is 1. The Morgan fingerprint density at radius 1 is 1.21 bits per heavy atom. The summed E-state index contributed by atoms with van der Waals surface area (Å²) < 4.78 is 10.7. The van der Waals surface area contributed by atoms with Crippen LogP contribution in [0.25, 0.3) is 0 Å². The Bertz CT molecular complexity index is 335. The van der Waals surface area contributed by atoms with E-state index < -0.39 is 11.6 Å². The van der Waals surface area contributed by atoms with Gasteiger partial charge < -0.3 is 20.5 Å². The van der Waals surface area contributed by atoms with E-state index in [0.717, 1.165) is 25.7 Å². The number of nitrogens with one attached hydrogen (secondary N) is 1. The van der Waals surface area contributed by atoms with Crippen LogP contribution in [0.5, 0.6) is 0 Å². The second-order valence-electron chi connectivity index (χ2n) is 5.28. The molecule has 0 aromatic heterocycles. The molecule has 3 N–H and O–H groups in total. The molecule has 0 bridgehead atoms. The Morgan fingerprint density at radius 2 is 1.89 bits per heavy atom. The van der Waals surface area contributed by atoms with Crippen LogP contribution in [0.2, 0.25) is 0 Å². The van der Waals surface area contributed by atoms with Crippen molar-refractivity contribution in [1.29, 1.82) is 0 Å². The summed E-state index contributed by atoms with van der Waals surface area (Å²) in [5, 5.41) is 3.03. The van der Waals surface area contributed by atoms with Gasteiger partial charge in [0.25, 0.3) is 5.91 Å². The van der Waals surface area contributed by atoms with Gasteiger partial charge in [0.2, 0.25) is 0 Å². The molecule has 1 atom stereocenters. The highest BCUT2D eigenvalue weighted by Crippen LogP contribution is 2.28. The Hall–Kier alpha value is -0.720. The molecule has 1 saturated heterocycles. The Kier molecular flexibility index (Phi) is 5.13. The minimum Gasteiger partial charge on any atom is -0.391 e.